The molecule has 1 nitrogen and oxygen atoms in total. The number of benzene rings is 2. The van der Waals surface area contributed by atoms with Gasteiger partial charge in [-0.15, -0.1) is 0 Å². The Labute approximate surface area is 90.9 Å². The third-order valence-corrected chi connectivity index (χ3v) is 2.73. The Balaban J connectivity index is 2.36. The molecule has 0 fully saturated rings. The quantitative estimate of drug-likeness (QED) is 0.807. The Bertz CT molecular complexity index is 460. The summed E-state index contributed by atoms with van der Waals surface area (Å²) < 4.78 is 0. The van der Waals surface area contributed by atoms with E-state index in [0.717, 1.165) is 19.4 Å². The van der Waals surface area contributed by atoms with Crippen LogP contribution >= 0.6 is 0 Å². The second-order valence-electron chi connectivity index (χ2n) is 4.08. The number of rotatable bonds is 3. The molecule has 0 atom stereocenters. The Morgan fingerprint density at radius 2 is 1.80 bits per heavy atom. The fourth-order valence-electron chi connectivity index (χ4n) is 1.88. The molecule has 0 bridgehead atoms. The molecule has 2 aromatic rings. The van der Waals surface area contributed by atoms with Crippen LogP contribution in [0.25, 0.3) is 10.8 Å². The van der Waals surface area contributed by atoms with Crippen LogP contribution in [-0.4, -0.2) is 6.54 Å². The fraction of sp³-hybridized carbons (Fsp3) is 0.286. The Morgan fingerprint density at radius 1 is 1.00 bits per heavy atom. The van der Waals surface area contributed by atoms with Crippen molar-refractivity contribution in [3.63, 3.8) is 0 Å². The van der Waals surface area contributed by atoms with Gasteiger partial charge in [0.1, 0.15) is 0 Å². The van der Waals surface area contributed by atoms with E-state index in [2.05, 4.69) is 43.3 Å². The summed E-state index contributed by atoms with van der Waals surface area (Å²) in [6, 6.07) is 13.2. The van der Waals surface area contributed by atoms with Gasteiger partial charge >= 0.3 is 0 Å². The highest BCUT2D eigenvalue weighted by Gasteiger charge is 1.96. The first-order valence-electron chi connectivity index (χ1n) is 5.49. The zero-order chi connectivity index (χ0) is 10.7. The Hall–Kier alpha value is -1.34. The summed E-state index contributed by atoms with van der Waals surface area (Å²) in [6.07, 6.45) is 2.15. The van der Waals surface area contributed by atoms with Crippen LogP contribution < -0.4 is 5.73 Å². The molecule has 0 aliphatic carbocycles. The van der Waals surface area contributed by atoms with Crippen LogP contribution in [0.4, 0.5) is 0 Å². The lowest BCUT2D eigenvalue weighted by Crippen LogP contribution is -2.00. The van der Waals surface area contributed by atoms with E-state index in [4.69, 9.17) is 5.73 Å². The zero-order valence-corrected chi connectivity index (χ0v) is 9.16. The summed E-state index contributed by atoms with van der Waals surface area (Å²) in [5.41, 5.74) is 8.22. The predicted molar refractivity (Wildman–Crippen MR) is 66.1 cm³/mol. The molecule has 0 saturated carbocycles. The maximum absolute atomic E-state index is 5.51. The first kappa shape index (κ1) is 10.2. The highest BCUT2D eigenvalue weighted by atomic mass is 14.5. The number of hydrogen-bond donors (Lipinski definition) is 1. The minimum atomic E-state index is 0.770. The molecule has 2 aromatic carbocycles. The number of fused-ring (bicyclic) bond motifs is 1. The van der Waals surface area contributed by atoms with Crippen LogP contribution in [0.5, 0.6) is 0 Å². The molecular weight excluding hydrogens is 182 g/mol. The maximum Gasteiger partial charge on any atom is -0.00741 e. The molecule has 0 spiro atoms. The average Bonchev–Trinajstić information content (AvgIpc) is 2.25. The van der Waals surface area contributed by atoms with Gasteiger partial charge in [-0.2, -0.15) is 0 Å². The molecule has 0 unspecified atom stereocenters. The van der Waals surface area contributed by atoms with Gasteiger partial charge < -0.3 is 5.73 Å². The van der Waals surface area contributed by atoms with Gasteiger partial charge in [-0.05, 0) is 42.6 Å². The van der Waals surface area contributed by atoms with Crippen molar-refractivity contribution in [3.05, 3.63) is 47.5 Å². The molecule has 1 heteroatoms. The maximum atomic E-state index is 5.51. The van der Waals surface area contributed by atoms with Gasteiger partial charge in [0.2, 0.25) is 0 Å². The molecule has 15 heavy (non-hydrogen) atoms. The molecule has 2 rings (SSSR count). The van der Waals surface area contributed by atoms with Gasteiger partial charge in [0, 0.05) is 0 Å². The van der Waals surface area contributed by atoms with Crippen molar-refractivity contribution in [2.45, 2.75) is 19.8 Å². The normalized spacial score (nSPS) is 10.8. The third kappa shape index (κ3) is 2.37. The van der Waals surface area contributed by atoms with Gasteiger partial charge in [0.25, 0.3) is 0 Å². The van der Waals surface area contributed by atoms with Crippen molar-refractivity contribution in [2.75, 3.05) is 6.54 Å². The van der Waals surface area contributed by atoms with E-state index < -0.39 is 0 Å². The molecule has 0 saturated heterocycles. The van der Waals surface area contributed by atoms with Crippen molar-refractivity contribution >= 4 is 10.8 Å². The highest BCUT2D eigenvalue weighted by Crippen LogP contribution is 2.18. The summed E-state index contributed by atoms with van der Waals surface area (Å²) in [4.78, 5) is 0. The van der Waals surface area contributed by atoms with Gasteiger partial charge in [-0.25, -0.2) is 0 Å². The number of nitrogens with two attached hydrogens (primary N) is 1. The SMILES string of the molecule is Cc1ccc2ccc(CCCN)cc2c1. The van der Waals surface area contributed by atoms with E-state index in [9.17, 15) is 0 Å². The third-order valence-electron chi connectivity index (χ3n) is 2.73. The Morgan fingerprint density at radius 3 is 2.60 bits per heavy atom. The number of hydrogen-bond acceptors (Lipinski definition) is 1. The summed E-state index contributed by atoms with van der Waals surface area (Å²) in [6.45, 7) is 2.90. The summed E-state index contributed by atoms with van der Waals surface area (Å²) in [7, 11) is 0. The van der Waals surface area contributed by atoms with Gasteiger partial charge in [-0.3, -0.25) is 0 Å². The van der Waals surface area contributed by atoms with E-state index in [1.807, 2.05) is 0 Å². The minimum Gasteiger partial charge on any atom is -0.330 e. The van der Waals surface area contributed by atoms with E-state index in [0.29, 0.717) is 0 Å². The molecule has 0 radical (unpaired) electrons. The van der Waals surface area contributed by atoms with Gasteiger partial charge in [0.15, 0.2) is 0 Å². The topological polar surface area (TPSA) is 26.0 Å². The van der Waals surface area contributed by atoms with Crippen molar-refractivity contribution in [3.8, 4) is 0 Å². The van der Waals surface area contributed by atoms with Gasteiger partial charge in [-0.1, -0.05) is 42.0 Å². The molecule has 78 valence electrons. The molecule has 2 N–H and O–H groups in total. The van der Waals surface area contributed by atoms with E-state index in [-0.39, 0.29) is 0 Å². The van der Waals surface area contributed by atoms with E-state index in [1.165, 1.54) is 21.9 Å². The Kier molecular flexibility index (Phi) is 3.02. The highest BCUT2D eigenvalue weighted by molar-refractivity contribution is 5.83. The van der Waals surface area contributed by atoms with Crippen LogP contribution in [0.15, 0.2) is 36.4 Å². The van der Waals surface area contributed by atoms with Gasteiger partial charge in [0.05, 0.1) is 0 Å². The average molecular weight is 199 g/mol. The molecule has 0 aromatic heterocycles. The molecular formula is C14H17N. The fourth-order valence-corrected chi connectivity index (χ4v) is 1.88. The van der Waals surface area contributed by atoms with Crippen LogP contribution in [-0.2, 0) is 6.42 Å². The predicted octanol–water partition coefficient (Wildman–Crippen LogP) is 3.04. The second kappa shape index (κ2) is 4.45. The van der Waals surface area contributed by atoms with Crippen LogP contribution in [0.3, 0.4) is 0 Å². The van der Waals surface area contributed by atoms with Crippen LogP contribution in [0, 0.1) is 6.92 Å². The largest absolute Gasteiger partial charge is 0.330 e. The molecule has 0 heterocycles. The lowest BCUT2D eigenvalue weighted by Gasteiger charge is -2.03. The smallest absolute Gasteiger partial charge is 0.00741 e. The lowest BCUT2D eigenvalue weighted by atomic mass is 10.0. The van der Waals surface area contributed by atoms with Crippen molar-refractivity contribution in [1.29, 1.82) is 0 Å². The zero-order valence-electron chi connectivity index (χ0n) is 9.16. The number of aryl methyl sites for hydroxylation is 2. The summed E-state index contributed by atoms with van der Waals surface area (Å²) >= 11 is 0. The molecule has 0 aliphatic rings. The minimum absolute atomic E-state index is 0.770. The van der Waals surface area contributed by atoms with Crippen LogP contribution in [0.2, 0.25) is 0 Å². The van der Waals surface area contributed by atoms with E-state index in [1.54, 1.807) is 0 Å². The van der Waals surface area contributed by atoms with Crippen molar-refractivity contribution < 1.29 is 0 Å². The first-order valence-corrected chi connectivity index (χ1v) is 5.49. The summed E-state index contributed by atoms with van der Waals surface area (Å²) in [5.74, 6) is 0. The molecule has 0 amide bonds. The van der Waals surface area contributed by atoms with Crippen molar-refractivity contribution in [2.24, 2.45) is 5.73 Å². The first-order chi connectivity index (χ1) is 7.29. The van der Waals surface area contributed by atoms with Crippen LogP contribution in [0.1, 0.15) is 17.5 Å². The standard InChI is InChI=1S/C14H17N/c1-11-4-6-13-7-5-12(3-2-8-15)10-14(13)9-11/h4-7,9-10H,2-3,8,15H2,1H3. The molecule has 0 aliphatic heterocycles. The second-order valence-corrected chi connectivity index (χ2v) is 4.08. The lowest BCUT2D eigenvalue weighted by molar-refractivity contribution is 0.833. The van der Waals surface area contributed by atoms with E-state index >= 15 is 0 Å². The summed E-state index contributed by atoms with van der Waals surface area (Å²) in [5, 5.41) is 2.65. The van der Waals surface area contributed by atoms with Crippen molar-refractivity contribution in [1.82, 2.24) is 0 Å². The monoisotopic (exact) mass is 199 g/mol.